The molecule has 106 valence electrons. The van der Waals surface area contributed by atoms with Gasteiger partial charge in [-0.1, -0.05) is 0 Å². The predicted molar refractivity (Wildman–Crippen MR) is 72.2 cm³/mol. The average Bonchev–Trinajstić information content (AvgIpc) is 2.70. The zero-order valence-electron chi connectivity index (χ0n) is 11.7. The molecular formula is C12H21N5O2. The summed E-state index contributed by atoms with van der Waals surface area (Å²) < 4.78 is 12.3. The van der Waals surface area contributed by atoms with Gasteiger partial charge in [-0.15, -0.1) is 0 Å². The number of rotatable bonds is 3. The first-order valence-electron chi connectivity index (χ1n) is 6.32. The standard InChI is InChI=1S/C12H21N5O2/c1-9-10(11(18-3)16(2)15-9)8-14-12(13)17-4-6-19-7-5-17/h4-8H2,1-3H3,(H2,13,14). The van der Waals surface area contributed by atoms with E-state index in [4.69, 9.17) is 15.2 Å². The van der Waals surface area contributed by atoms with Crippen LogP contribution in [0.1, 0.15) is 11.3 Å². The van der Waals surface area contributed by atoms with Gasteiger partial charge < -0.3 is 20.1 Å². The molecule has 0 radical (unpaired) electrons. The number of nitrogens with two attached hydrogens (primary N) is 1. The van der Waals surface area contributed by atoms with Gasteiger partial charge in [-0.25, -0.2) is 9.67 Å². The SMILES string of the molecule is COc1c(CN=C(N)N2CCOCC2)c(C)nn1C. The zero-order chi connectivity index (χ0) is 13.8. The Morgan fingerprint density at radius 1 is 1.47 bits per heavy atom. The summed E-state index contributed by atoms with van der Waals surface area (Å²) in [6.45, 7) is 5.40. The highest BCUT2D eigenvalue weighted by Crippen LogP contribution is 2.21. The molecule has 2 N–H and O–H groups in total. The van der Waals surface area contributed by atoms with Crippen molar-refractivity contribution in [2.45, 2.75) is 13.5 Å². The van der Waals surface area contributed by atoms with Crippen LogP contribution in [0.15, 0.2) is 4.99 Å². The highest BCUT2D eigenvalue weighted by molar-refractivity contribution is 5.78. The molecule has 1 aromatic rings. The van der Waals surface area contributed by atoms with E-state index < -0.39 is 0 Å². The van der Waals surface area contributed by atoms with Crippen molar-refractivity contribution < 1.29 is 9.47 Å². The van der Waals surface area contributed by atoms with Gasteiger partial charge in [-0.05, 0) is 6.92 Å². The highest BCUT2D eigenvalue weighted by Gasteiger charge is 2.15. The average molecular weight is 267 g/mol. The number of guanidine groups is 1. The topological polar surface area (TPSA) is 77.9 Å². The second-order valence-electron chi connectivity index (χ2n) is 4.47. The molecular weight excluding hydrogens is 246 g/mol. The second kappa shape index (κ2) is 5.92. The van der Waals surface area contributed by atoms with Gasteiger partial charge in [0.25, 0.3) is 0 Å². The van der Waals surface area contributed by atoms with Crippen LogP contribution in [0.2, 0.25) is 0 Å². The van der Waals surface area contributed by atoms with Gasteiger partial charge in [0, 0.05) is 20.1 Å². The Bertz CT molecular complexity index is 463. The molecule has 0 aromatic carbocycles. The largest absolute Gasteiger partial charge is 0.481 e. The van der Waals surface area contributed by atoms with Gasteiger partial charge in [0.15, 0.2) is 5.96 Å². The summed E-state index contributed by atoms with van der Waals surface area (Å²) in [5.41, 5.74) is 7.89. The maximum Gasteiger partial charge on any atom is 0.216 e. The van der Waals surface area contributed by atoms with Crippen molar-refractivity contribution in [3.05, 3.63) is 11.3 Å². The lowest BCUT2D eigenvalue weighted by Gasteiger charge is -2.27. The van der Waals surface area contributed by atoms with E-state index in [1.165, 1.54) is 0 Å². The van der Waals surface area contributed by atoms with E-state index in [9.17, 15) is 0 Å². The fourth-order valence-electron chi connectivity index (χ4n) is 2.17. The minimum atomic E-state index is 0.478. The third-order valence-electron chi connectivity index (χ3n) is 3.22. The fourth-order valence-corrected chi connectivity index (χ4v) is 2.17. The number of nitrogens with zero attached hydrogens (tertiary/aromatic N) is 4. The van der Waals surface area contributed by atoms with Crippen molar-refractivity contribution in [2.75, 3.05) is 33.4 Å². The van der Waals surface area contributed by atoms with Crippen LogP contribution in [-0.4, -0.2) is 54.1 Å². The Morgan fingerprint density at radius 2 is 2.16 bits per heavy atom. The first kappa shape index (κ1) is 13.7. The lowest BCUT2D eigenvalue weighted by Crippen LogP contribution is -2.44. The number of aromatic nitrogens is 2. The molecule has 7 nitrogen and oxygen atoms in total. The number of aryl methyl sites for hydroxylation is 2. The molecule has 0 amide bonds. The van der Waals surface area contributed by atoms with Crippen molar-refractivity contribution in [1.29, 1.82) is 0 Å². The van der Waals surface area contributed by atoms with Crippen LogP contribution >= 0.6 is 0 Å². The summed E-state index contributed by atoms with van der Waals surface area (Å²) in [6.07, 6.45) is 0. The smallest absolute Gasteiger partial charge is 0.216 e. The normalized spacial score (nSPS) is 16.8. The molecule has 7 heteroatoms. The van der Waals surface area contributed by atoms with Crippen LogP contribution in [0.3, 0.4) is 0 Å². The number of ether oxygens (including phenoxy) is 2. The van der Waals surface area contributed by atoms with E-state index >= 15 is 0 Å². The summed E-state index contributed by atoms with van der Waals surface area (Å²) in [5.74, 6) is 1.28. The molecule has 2 rings (SSSR count). The molecule has 0 spiro atoms. The lowest BCUT2D eigenvalue weighted by molar-refractivity contribution is 0.0674. The molecule has 1 aliphatic heterocycles. The van der Waals surface area contributed by atoms with Gasteiger partial charge in [0.2, 0.25) is 5.88 Å². The quantitative estimate of drug-likeness (QED) is 0.610. The summed E-state index contributed by atoms with van der Waals surface area (Å²) >= 11 is 0. The third-order valence-corrected chi connectivity index (χ3v) is 3.22. The minimum Gasteiger partial charge on any atom is -0.481 e. The lowest BCUT2D eigenvalue weighted by atomic mass is 10.2. The van der Waals surface area contributed by atoms with Gasteiger partial charge >= 0.3 is 0 Å². The summed E-state index contributed by atoms with van der Waals surface area (Å²) in [6, 6.07) is 0. The van der Waals surface area contributed by atoms with Gasteiger partial charge in [-0.2, -0.15) is 5.10 Å². The van der Waals surface area contributed by atoms with E-state index in [-0.39, 0.29) is 0 Å². The van der Waals surface area contributed by atoms with Crippen LogP contribution in [0.4, 0.5) is 0 Å². The molecule has 0 atom stereocenters. The van der Waals surface area contributed by atoms with Crippen LogP contribution in [-0.2, 0) is 18.3 Å². The number of methoxy groups -OCH3 is 1. The van der Waals surface area contributed by atoms with Crippen LogP contribution in [0.25, 0.3) is 0 Å². The van der Waals surface area contributed by atoms with Crippen molar-refractivity contribution in [3.63, 3.8) is 0 Å². The van der Waals surface area contributed by atoms with E-state index in [0.29, 0.717) is 25.7 Å². The Kier molecular flexibility index (Phi) is 4.26. The van der Waals surface area contributed by atoms with Gasteiger partial charge in [0.05, 0.1) is 38.1 Å². The van der Waals surface area contributed by atoms with Gasteiger partial charge in [-0.3, -0.25) is 0 Å². The molecule has 1 fully saturated rings. The monoisotopic (exact) mass is 267 g/mol. The van der Waals surface area contributed by atoms with Crippen molar-refractivity contribution in [1.82, 2.24) is 14.7 Å². The second-order valence-corrected chi connectivity index (χ2v) is 4.47. The van der Waals surface area contributed by atoms with E-state index in [2.05, 4.69) is 10.1 Å². The first-order valence-corrected chi connectivity index (χ1v) is 6.32. The summed E-state index contributed by atoms with van der Waals surface area (Å²) in [4.78, 5) is 6.46. The molecule has 0 bridgehead atoms. The molecule has 1 aromatic heterocycles. The first-order chi connectivity index (χ1) is 9.13. The molecule has 0 saturated carbocycles. The zero-order valence-corrected chi connectivity index (χ0v) is 11.7. The van der Waals surface area contributed by atoms with Crippen LogP contribution in [0, 0.1) is 6.92 Å². The molecule has 2 heterocycles. The third kappa shape index (κ3) is 2.98. The number of hydrogen-bond donors (Lipinski definition) is 1. The molecule has 0 aliphatic carbocycles. The Balaban J connectivity index is 2.08. The molecule has 19 heavy (non-hydrogen) atoms. The Hall–Kier alpha value is -1.76. The minimum absolute atomic E-state index is 0.478. The Morgan fingerprint density at radius 3 is 2.79 bits per heavy atom. The maximum atomic E-state index is 6.00. The number of morpholine rings is 1. The molecule has 1 saturated heterocycles. The number of hydrogen-bond acceptors (Lipinski definition) is 4. The van der Waals surface area contributed by atoms with Crippen molar-refractivity contribution >= 4 is 5.96 Å². The number of aliphatic imine (C=N–C) groups is 1. The van der Waals surface area contributed by atoms with Gasteiger partial charge in [0.1, 0.15) is 0 Å². The van der Waals surface area contributed by atoms with E-state index in [1.54, 1.807) is 11.8 Å². The van der Waals surface area contributed by atoms with E-state index in [0.717, 1.165) is 30.2 Å². The predicted octanol–water partition coefficient (Wildman–Crippen LogP) is -0.116. The summed E-state index contributed by atoms with van der Waals surface area (Å²) in [5, 5.41) is 4.32. The van der Waals surface area contributed by atoms with Crippen LogP contribution in [0.5, 0.6) is 5.88 Å². The van der Waals surface area contributed by atoms with Crippen molar-refractivity contribution in [2.24, 2.45) is 17.8 Å². The summed E-state index contributed by atoms with van der Waals surface area (Å²) in [7, 11) is 3.49. The van der Waals surface area contributed by atoms with E-state index in [1.807, 2.05) is 18.9 Å². The highest BCUT2D eigenvalue weighted by atomic mass is 16.5. The maximum absolute atomic E-state index is 6.00. The molecule has 0 unspecified atom stereocenters. The molecule has 1 aliphatic rings. The Labute approximate surface area is 113 Å². The van der Waals surface area contributed by atoms with Crippen molar-refractivity contribution in [3.8, 4) is 5.88 Å². The van der Waals surface area contributed by atoms with Crippen LogP contribution < -0.4 is 10.5 Å². The fraction of sp³-hybridized carbons (Fsp3) is 0.667.